The van der Waals surface area contributed by atoms with Crippen molar-refractivity contribution in [3.63, 3.8) is 0 Å². The highest BCUT2D eigenvalue weighted by molar-refractivity contribution is 5.83. The number of aromatic nitrogens is 6. The zero-order chi connectivity index (χ0) is 21.5. The van der Waals surface area contributed by atoms with Gasteiger partial charge in [-0.25, -0.2) is 14.3 Å². The van der Waals surface area contributed by atoms with Gasteiger partial charge in [0.05, 0.1) is 16.9 Å². The summed E-state index contributed by atoms with van der Waals surface area (Å²) in [5.41, 5.74) is 4.49. The van der Waals surface area contributed by atoms with Crippen molar-refractivity contribution >= 4 is 22.2 Å². The lowest BCUT2D eigenvalue weighted by atomic mass is 10.0. The summed E-state index contributed by atoms with van der Waals surface area (Å²) in [5.74, 6) is 0.399. The maximum atomic E-state index is 13.6. The van der Waals surface area contributed by atoms with Crippen LogP contribution in [-0.4, -0.2) is 42.5 Å². The third kappa shape index (κ3) is 3.20. The van der Waals surface area contributed by atoms with Crippen LogP contribution >= 0.6 is 0 Å². The largest absolute Gasteiger partial charge is 0.381 e. The summed E-state index contributed by atoms with van der Waals surface area (Å²) in [5, 5.41) is 9.60. The highest BCUT2D eigenvalue weighted by atomic mass is 16.5. The van der Waals surface area contributed by atoms with E-state index in [1.165, 1.54) is 0 Å². The van der Waals surface area contributed by atoms with Gasteiger partial charge < -0.3 is 9.72 Å². The molecule has 0 bridgehead atoms. The average molecular weight is 426 g/mol. The second-order valence-electron chi connectivity index (χ2n) is 8.20. The summed E-state index contributed by atoms with van der Waals surface area (Å²) in [4.78, 5) is 21.4. The lowest BCUT2D eigenvalue weighted by Gasteiger charge is -2.22. The van der Waals surface area contributed by atoms with E-state index in [-0.39, 0.29) is 5.69 Å². The number of fused-ring (bicyclic) bond motifs is 2. The lowest BCUT2D eigenvalue weighted by Crippen LogP contribution is -2.28. The highest BCUT2D eigenvalue weighted by Gasteiger charge is 2.21. The van der Waals surface area contributed by atoms with Crippen molar-refractivity contribution in [1.82, 2.24) is 29.3 Å². The topological polar surface area (TPSA) is 90.6 Å². The Morgan fingerprint density at radius 1 is 1.06 bits per heavy atom. The summed E-state index contributed by atoms with van der Waals surface area (Å²) in [6.45, 7) is 2.13. The van der Waals surface area contributed by atoms with Crippen LogP contribution in [0.25, 0.3) is 39.1 Å². The van der Waals surface area contributed by atoms with Gasteiger partial charge >= 0.3 is 5.69 Å². The molecule has 0 radical (unpaired) electrons. The molecular weight excluding hydrogens is 404 g/mol. The number of aromatic amines is 1. The van der Waals surface area contributed by atoms with E-state index in [0.29, 0.717) is 18.1 Å². The average Bonchev–Trinajstić information content (AvgIpc) is 3.42. The molecule has 5 heterocycles. The minimum absolute atomic E-state index is 0.0745. The predicted molar refractivity (Wildman–Crippen MR) is 122 cm³/mol. The minimum Gasteiger partial charge on any atom is -0.381 e. The number of imidazole rings is 1. The summed E-state index contributed by atoms with van der Waals surface area (Å²) >= 11 is 0. The van der Waals surface area contributed by atoms with Crippen molar-refractivity contribution in [3.05, 3.63) is 71.4 Å². The molecule has 160 valence electrons. The third-order valence-electron chi connectivity index (χ3n) is 6.17. The second-order valence-corrected chi connectivity index (χ2v) is 8.20. The van der Waals surface area contributed by atoms with Gasteiger partial charge in [-0.15, -0.1) is 10.2 Å². The van der Waals surface area contributed by atoms with Crippen LogP contribution in [0.15, 0.2) is 65.7 Å². The molecule has 0 aliphatic carbocycles. The van der Waals surface area contributed by atoms with Gasteiger partial charge in [-0.05, 0) is 49.1 Å². The van der Waals surface area contributed by atoms with Gasteiger partial charge in [-0.3, -0.25) is 4.57 Å². The number of ether oxygens (including phenoxy) is 1. The zero-order valence-corrected chi connectivity index (χ0v) is 17.4. The van der Waals surface area contributed by atoms with Crippen LogP contribution in [0.2, 0.25) is 0 Å². The summed E-state index contributed by atoms with van der Waals surface area (Å²) in [6.07, 6.45) is 5.51. The van der Waals surface area contributed by atoms with Crippen LogP contribution < -0.4 is 5.69 Å². The normalized spacial score (nSPS) is 15.0. The Morgan fingerprint density at radius 2 is 1.91 bits per heavy atom. The molecule has 32 heavy (non-hydrogen) atoms. The van der Waals surface area contributed by atoms with Gasteiger partial charge in [0, 0.05) is 43.1 Å². The zero-order valence-electron chi connectivity index (χ0n) is 17.4. The Kier molecular flexibility index (Phi) is 4.57. The maximum Gasteiger partial charge on any atom is 0.334 e. The number of H-pyrrole nitrogens is 1. The number of pyridine rings is 1. The molecule has 1 aliphatic heterocycles. The van der Waals surface area contributed by atoms with Gasteiger partial charge in [-0.1, -0.05) is 18.2 Å². The molecule has 1 fully saturated rings. The van der Waals surface area contributed by atoms with E-state index < -0.39 is 0 Å². The quantitative estimate of drug-likeness (QED) is 0.475. The number of hydrogen-bond acceptors (Lipinski definition) is 5. The predicted octanol–water partition coefficient (Wildman–Crippen LogP) is 3.55. The number of nitrogens with zero attached hydrogens (tertiary/aromatic N) is 5. The fourth-order valence-corrected chi connectivity index (χ4v) is 4.44. The Morgan fingerprint density at radius 3 is 2.75 bits per heavy atom. The SMILES string of the molecule is O=c1n(CC2CCOCC2)c2cc(-c3cc4cc[nH]c4nn3)cnc2n1-c1ccccc1. The van der Waals surface area contributed by atoms with E-state index in [0.717, 1.165) is 59.6 Å². The van der Waals surface area contributed by atoms with E-state index in [1.807, 2.05) is 59.3 Å². The monoisotopic (exact) mass is 426 g/mol. The molecule has 4 aromatic heterocycles. The molecule has 8 nitrogen and oxygen atoms in total. The third-order valence-corrected chi connectivity index (χ3v) is 6.17. The number of nitrogens with one attached hydrogen (secondary N) is 1. The maximum absolute atomic E-state index is 13.6. The van der Waals surface area contributed by atoms with Crippen LogP contribution in [0.3, 0.4) is 0 Å². The molecule has 8 heteroatoms. The van der Waals surface area contributed by atoms with Crippen LogP contribution in [0.4, 0.5) is 0 Å². The fourth-order valence-electron chi connectivity index (χ4n) is 4.44. The molecule has 0 spiro atoms. The van der Waals surface area contributed by atoms with Gasteiger partial charge in [0.1, 0.15) is 0 Å². The second kappa shape index (κ2) is 7.72. The van der Waals surface area contributed by atoms with Crippen molar-refractivity contribution in [2.24, 2.45) is 5.92 Å². The number of benzene rings is 1. The molecule has 0 atom stereocenters. The van der Waals surface area contributed by atoms with Crippen molar-refractivity contribution in [3.8, 4) is 16.9 Å². The van der Waals surface area contributed by atoms with Crippen molar-refractivity contribution in [2.45, 2.75) is 19.4 Å². The first-order valence-corrected chi connectivity index (χ1v) is 10.8. The molecule has 1 aromatic carbocycles. The first kappa shape index (κ1) is 18.9. The molecule has 6 rings (SSSR count). The Bertz CT molecular complexity index is 1460. The van der Waals surface area contributed by atoms with Gasteiger partial charge in [-0.2, -0.15) is 0 Å². The molecule has 1 saturated heterocycles. The molecule has 1 aliphatic rings. The van der Waals surface area contributed by atoms with E-state index in [9.17, 15) is 4.79 Å². The van der Waals surface area contributed by atoms with Crippen LogP contribution in [0, 0.1) is 5.92 Å². The Labute approximate surface area is 183 Å². The molecular formula is C24H22N6O2. The molecule has 5 aromatic rings. The molecule has 0 unspecified atom stereocenters. The van der Waals surface area contributed by atoms with Crippen LogP contribution in [0.1, 0.15) is 12.8 Å². The van der Waals surface area contributed by atoms with Crippen molar-refractivity contribution < 1.29 is 4.74 Å². The molecule has 0 saturated carbocycles. The van der Waals surface area contributed by atoms with Crippen LogP contribution in [0.5, 0.6) is 0 Å². The van der Waals surface area contributed by atoms with Gasteiger partial charge in [0.2, 0.25) is 0 Å². The first-order chi connectivity index (χ1) is 15.8. The molecule has 1 N–H and O–H groups in total. The Balaban J connectivity index is 1.53. The van der Waals surface area contributed by atoms with E-state index in [1.54, 1.807) is 10.8 Å². The minimum atomic E-state index is -0.0745. The smallest absolute Gasteiger partial charge is 0.334 e. The Hall–Kier alpha value is -3.78. The van der Waals surface area contributed by atoms with E-state index in [4.69, 9.17) is 9.72 Å². The van der Waals surface area contributed by atoms with E-state index in [2.05, 4.69) is 15.2 Å². The summed E-state index contributed by atoms with van der Waals surface area (Å²) < 4.78 is 9.06. The van der Waals surface area contributed by atoms with Crippen molar-refractivity contribution in [1.29, 1.82) is 0 Å². The lowest BCUT2D eigenvalue weighted by molar-refractivity contribution is 0.0613. The summed E-state index contributed by atoms with van der Waals surface area (Å²) in [7, 11) is 0. The van der Waals surface area contributed by atoms with Gasteiger partial charge in [0.15, 0.2) is 11.3 Å². The highest BCUT2D eigenvalue weighted by Crippen LogP contribution is 2.26. The van der Waals surface area contributed by atoms with Crippen molar-refractivity contribution in [2.75, 3.05) is 13.2 Å². The summed E-state index contributed by atoms with van der Waals surface area (Å²) in [6, 6.07) is 15.6. The van der Waals surface area contributed by atoms with Crippen LogP contribution in [-0.2, 0) is 11.3 Å². The van der Waals surface area contributed by atoms with Gasteiger partial charge in [0.25, 0.3) is 0 Å². The first-order valence-electron chi connectivity index (χ1n) is 10.8. The molecule has 0 amide bonds. The fraction of sp³-hybridized carbons (Fsp3) is 0.250. The van der Waals surface area contributed by atoms with E-state index >= 15 is 0 Å². The standard InChI is InChI=1S/C24H22N6O2/c31-24-29(15-16-7-10-32-11-8-16)21-13-18(20-12-17-6-9-25-22(17)28-27-20)14-26-23(21)30(24)19-4-2-1-3-5-19/h1-6,9,12-14,16H,7-8,10-11,15H2,(H,25,28). The number of hydrogen-bond donors (Lipinski definition) is 1. The number of rotatable bonds is 4. The number of para-hydroxylation sites is 1.